The SMILES string of the molecule is COc1cc(NC(=O)N2CCN(C3CCCC3)CC2)c(OC)cc1Cl. The van der Waals surface area contributed by atoms with Crippen LogP contribution in [-0.2, 0) is 0 Å². The Morgan fingerprint density at radius 3 is 2.32 bits per heavy atom. The van der Waals surface area contributed by atoms with Crippen molar-refractivity contribution in [1.29, 1.82) is 0 Å². The Labute approximate surface area is 154 Å². The molecule has 0 atom stereocenters. The van der Waals surface area contributed by atoms with Crippen LogP contribution >= 0.6 is 11.6 Å². The third-order valence-corrected chi connectivity index (χ3v) is 5.45. The second-order valence-corrected chi connectivity index (χ2v) is 6.99. The molecule has 25 heavy (non-hydrogen) atoms. The molecule has 2 amide bonds. The van der Waals surface area contributed by atoms with Crippen molar-refractivity contribution in [2.24, 2.45) is 0 Å². The average molecular weight is 368 g/mol. The summed E-state index contributed by atoms with van der Waals surface area (Å²) < 4.78 is 10.5. The molecule has 1 aromatic rings. The number of carbonyl (C=O) groups excluding carboxylic acids is 1. The number of amides is 2. The van der Waals surface area contributed by atoms with E-state index >= 15 is 0 Å². The van der Waals surface area contributed by atoms with Gasteiger partial charge in [0.1, 0.15) is 11.5 Å². The zero-order valence-electron chi connectivity index (χ0n) is 14.9. The maximum Gasteiger partial charge on any atom is 0.322 e. The average Bonchev–Trinajstić information content (AvgIpc) is 3.17. The number of carbonyl (C=O) groups is 1. The molecule has 1 aromatic carbocycles. The third-order valence-electron chi connectivity index (χ3n) is 5.16. The Balaban J connectivity index is 1.61. The molecule has 1 saturated carbocycles. The number of hydrogen-bond donors (Lipinski definition) is 1. The van der Waals surface area contributed by atoms with Crippen LogP contribution in [0.4, 0.5) is 10.5 Å². The van der Waals surface area contributed by atoms with E-state index in [1.54, 1.807) is 26.4 Å². The maximum atomic E-state index is 12.6. The molecule has 1 aliphatic heterocycles. The van der Waals surface area contributed by atoms with E-state index in [4.69, 9.17) is 21.1 Å². The summed E-state index contributed by atoms with van der Waals surface area (Å²) in [5, 5.41) is 3.37. The van der Waals surface area contributed by atoms with Crippen molar-refractivity contribution in [3.8, 4) is 11.5 Å². The fourth-order valence-electron chi connectivity index (χ4n) is 3.71. The van der Waals surface area contributed by atoms with Gasteiger partial charge in [-0.2, -0.15) is 0 Å². The highest BCUT2D eigenvalue weighted by molar-refractivity contribution is 6.32. The minimum Gasteiger partial charge on any atom is -0.495 e. The summed E-state index contributed by atoms with van der Waals surface area (Å²) in [5.41, 5.74) is 0.562. The van der Waals surface area contributed by atoms with Gasteiger partial charge >= 0.3 is 6.03 Å². The number of nitrogens with zero attached hydrogens (tertiary/aromatic N) is 2. The second kappa shape index (κ2) is 8.15. The highest BCUT2D eigenvalue weighted by atomic mass is 35.5. The van der Waals surface area contributed by atoms with Crippen LogP contribution in [0, 0.1) is 0 Å². The van der Waals surface area contributed by atoms with Gasteiger partial charge in [-0.1, -0.05) is 24.4 Å². The standard InChI is InChI=1S/C18H26ClN3O3/c1-24-16-12-15(17(25-2)11-14(16)19)20-18(23)22-9-7-21(8-10-22)13-5-3-4-6-13/h11-13H,3-10H2,1-2H3,(H,20,23). The van der Waals surface area contributed by atoms with E-state index in [2.05, 4.69) is 10.2 Å². The quantitative estimate of drug-likeness (QED) is 0.885. The Kier molecular flexibility index (Phi) is 5.91. The number of hydrogen-bond acceptors (Lipinski definition) is 4. The Morgan fingerprint density at radius 1 is 1.08 bits per heavy atom. The lowest BCUT2D eigenvalue weighted by Gasteiger charge is -2.38. The molecule has 1 heterocycles. The van der Waals surface area contributed by atoms with Crippen molar-refractivity contribution in [1.82, 2.24) is 9.80 Å². The number of nitrogens with one attached hydrogen (secondary N) is 1. The predicted octanol–water partition coefficient (Wildman–Crippen LogP) is 3.45. The molecule has 0 bridgehead atoms. The Bertz CT molecular complexity index is 612. The number of benzene rings is 1. The van der Waals surface area contributed by atoms with E-state index < -0.39 is 0 Å². The molecule has 3 rings (SSSR count). The minimum atomic E-state index is -0.117. The molecule has 6 nitrogen and oxygen atoms in total. The zero-order chi connectivity index (χ0) is 17.8. The van der Waals surface area contributed by atoms with Crippen LogP contribution in [0.1, 0.15) is 25.7 Å². The summed E-state index contributed by atoms with van der Waals surface area (Å²) in [7, 11) is 3.09. The minimum absolute atomic E-state index is 0.117. The zero-order valence-corrected chi connectivity index (χ0v) is 15.6. The van der Waals surface area contributed by atoms with Crippen LogP contribution in [0.3, 0.4) is 0 Å². The summed E-state index contributed by atoms with van der Waals surface area (Å²) in [6.07, 6.45) is 5.27. The molecule has 2 aliphatic rings. The summed E-state index contributed by atoms with van der Waals surface area (Å²) in [4.78, 5) is 17.0. The van der Waals surface area contributed by atoms with Gasteiger partial charge < -0.3 is 19.7 Å². The van der Waals surface area contributed by atoms with Gasteiger partial charge in [-0.3, -0.25) is 4.90 Å². The van der Waals surface area contributed by atoms with Crippen molar-refractivity contribution in [3.05, 3.63) is 17.2 Å². The molecule has 1 saturated heterocycles. The number of methoxy groups -OCH3 is 2. The molecular weight excluding hydrogens is 342 g/mol. The van der Waals surface area contributed by atoms with E-state index in [-0.39, 0.29) is 6.03 Å². The molecule has 1 N–H and O–H groups in total. The monoisotopic (exact) mass is 367 g/mol. The van der Waals surface area contributed by atoms with Crippen molar-refractivity contribution < 1.29 is 14.3 Å². The van der Waals surface area contributed by atoms with Gasteiger partial charge in [0.15, 0.2) is 0 Å². The molecule has 0 spiro atoms. The normalized spacial score (nSPS) is 19.1. The van der Waals surface area contributed by atoms with Gasteiger partial charge in [-0.05, 0) is 12.8 Å². The largest absolute Gasteiger partial charge is 0.495 e. The number of halogens is 1. The fourth-order valence-corrected chi connectivity index (χ4v) is 3.94. The summed E-state index contributed by atoms with van der Waals surface area (Å²) in [6.45, 7) is 3.38. The van der Waals surface area contributed by atoms with Crippen LogP contribution in [0.15, 0.2) is 12.1 Å². The maximum absolute atomic E-state index is 12.6. The molecule has 0 aromatic heterocycles. The van der Waals surface area contributed by atoms with E-state index in [9.17, 15) is 4.79 Å². The first-order valence-corrected chi connectivity index (χ1v) is 9.21. The fraction of sp³-hybridized carbons (Fsp3) is 0.611. The van der Waals surface area contributed by atoms with Gasteiger partial charge in [0, 0.05) is 44.4 Å². The topological polar surface area (TPSA) is 54.0 Å². The molecule has 0 radical (unpaired) electrons. The molecule has 1 aliphatic carbocycles. The van der Waals surface area contributed by atoms with Crippen LogP contribution in [0.2, 0.25) is 5.02 Å². The van der Waals surface area contributed by atoms with Gasteiger partial charge in [-0.15, -0.1) is 0 Å². The summed E-state index contributed by atoms with van der Waals surface area (Å²) >= 11 is 6.11. The van der Waals surface area contributed by atoms with Crippen molar-refractivity contribution in [3.63, 3.8) is 0 Å². The lowest BCUT2D eigenvalue weighted by molar-refractivity contribution is 0.115. The highest BCUT2D eigenvalue weighted by Crippen LogP contribution is 2.36. The molecule has 2 fully saturated rings. The molecule has 138 valence electrons. The van der Waals surface area contributed by atoms with Gasteiger partial charge in [0.25, 0.3) is 0 Å². The van der Waals surface area contributed by atoms with E-state index in [0.29, 0.717) is 28.3 Å². The van der Waals surface area contributed by atoms with Crippen LogP contribution in [-0.4, -0.2) is 62.3 Å². The van der Waals surface area contributed by atoms with Crippen LogP contribution < -0.4 is 14.8 Å². The van der Waals surface area contributed by atoms with E-state index in [0.717, 1.165) is 26.2 Å². The lowest BCUT2D eigenvalue weighted by atomic mass is 10.2. The number of anilines is 1. The van der Waals surface area contributed by atoms with Gasteiger partial charge in [0.05, 0.1) is 24.9 Å². The van der Waals surface area contributed by atoms with Crippen molar-refractivity contribution in [2.75, 3.05) is 45.7 Å². The smallest absolute Gasteiger partial charge is 0.322 e. The predicted molar refractivity (Wildman–Crippen MR) is 99.0 cm³/mol. The molecular formula is C18H26ClN3O3. The van der Waals surface area contributed by atoms with E-state index in [1.165, 1.54) is 25.7 Å². The van der Waals surface area contributed by atoms with E-state index in [1.807, 2.05) is 4.90 Å². The van der Waals surface area contributed by atoms with Crippen molar-refractivity contribution >= 4 is 23.3 Å². The summed E-state index contributed by atoms with van der Waals surface area (Å²) in [5.74, 6) is 1.02. The Morgan fingerprint density at radius 2 is 1.72 bits per heavy atom. The first-order valence-electron chi connectivity index (χ1n) is 8.84. The second-order valence-electron chi connectivity index (χ2n) is 6.58. The number of ether oxygens (including phenoxy) is 2. The number of rotatable bonds is 4. The lowest BCUT2D eigenvalue weighted by Crippen LogP contribution is -2.52. The molecule has 7 heteroatoms. The first-order chi connectivity index (χ1) is 12.1. The number of piperazine rings is 1. The Hall–Kier alpha value is -1.66. The van der Waals surface area contributed by atoms with Crippen LogP contribution in [0.5, 0.6) is 11.5 Å². The third kappa shape index (κ3) is 4.12. The summed E-state index contributed by atoms with van der Waals surface area (Å²) in [6, 6.07) is 3.93. The highest BCUT2D eigenvalue weighted by Gasteiger charge is 2.28. The van der Waals surface area contributed by atoms with Gasteiger partial charge in [0.2, 0.25) is 0 Å². The van der Waals surface area contributed by atoms with Crippen LogP contribution in [0.25, 0.3) is 0 Å². The number of urea groups is 1. The van der Waals surface area contributed by atoms with Gasteiger partial charge in [-0.25, -0.2) is 4.79 Å². The first kappa shape index (κ1) is 18.1. The van der Waals surface area contributed by atoms with Crippen molar-refractivity contribution in [2.45, 2.75) is 31.7 Å². The molecule has 0 unspecified atom stereocenters.